The molecule has 0 heterocycles. The van der Waals surface area contributed by atoms with Crippen molar-refractivity contribution in [3.63, 3.8) is 0 Å². The predicted octanol–water partition coefficient (Wildman–Crippen LogP) is 1.16. The highest BCUT2D eigenvalue weighted by Gasteiger charge is 2.14. The van der Waals surface area contributed by atoms with Crippen molar-refractivity contribution < 1.29 is 24.4 Å². The van der Waals surface area contributed by atoms with Gasteiger partial charge in [-0.15, -0.1) is 0 Å². The zero-order valence-corrected chi connectivity index (χ0v) is 10.5. The highest BCUT2D eigenvalue weighted by atomic mass is 31.2. The molecule has 0 aromatic heterocycles. The molecule has 0 unspecified atom stereocenters. The maximum Gasteiger partial charge on any atom is 0.345 e. The lowest BCUT2D eigenvalue weighted by Gasteiger charge is -2.15. The van der Waals surface area contributed by atoms with E-state index in [1.54, 1.807) is 30.3 Å². The maximum absolute atomic E-state index is 11.4. The number of hydrogen-bond donors (Lipinski definition) is 4. The summed E-state index contributed by atoms with van der Waals surface area (Å²) in [6, 6.07) is 7.44. The topological polar surface area (TPSA) is 110 Å². The molecule has 18 heavy (non-hydrogen) atoms. The zero-order valence-electron chi connectivity index (χ0n) is 9.56. The summed E-state index contributed by atoms with van der Waals surface area (Å²) in [5.74, 6) is 0. The molecule has 0 aliphatic rings. The molecular formula is C10H15N2O5P. The van der Waals surface area contributed by atoms with Gasteiger partial charge < -0.3 is 15.1 Å². The van der Waals surface area contributed by atoms with Crippen LogP contribution in [0, 0.1) is 0 Å². The van der Waals surface area contributed by atoms with Crippen LogP contribution in [0.2, 0.25) is 0 Å². The van der Waals surface area contributed by atoms with Crippen LogP contribution in [0.4, 0.5) is 10.5 Å². The number of hydrogen-bond acceptors (Lipinski definition) is 3. The van der Waals surface area contributed by atoms with Crippen molar-refractivity contribution in [2.45, 2.75) is 6.42 Å². The molecule has 1 aromatic rings. The van der Waals surface area contributed by atoms with E-state index in [2.05, 4.69) is 5.32 Å². The van der Waals surface area contributed by atoms with Gasteiger partial charge in [0.2, 0.25) is 0 Å². The molecule has 0 saturated carbocycles. The number of rotatable bonds is 5. The third-order valence-corrected chi connectivity index (χ3v) is 2.99. The van der Waals surface area contributed by atoms with E-state index in [0.29, 0.717) is 10.8 Å². The number of benzene rings is 1. The monoisotopic (exact) mass is 274 g/mol. The SMILES string of the molecule is O=C(NCCCP(=O)(O)O)N(O)c1ccccc1. The molecule has 0 spiro atoms. The molecule has 7 nitrogen and oxygen atoms in total. The molecule has 0 aliphatic carbocycles. The lowest BCUT2D eigenvalue weighted by molar-refractivity contribution is 0.204. The van der Waals surface area contributed by atoms with Crippen molar-refractivity contribution in [3.05, 3.63) is 30.3 Å². The molecule has 1 rings (SSSR count). The van der Waals surface area contributed by atoms with Gasteiger partial charge in [-0.2, -0.15) is 5.06 Å². The van der Waals surface area contributed by atoms with Crippen molar-refractivity contribution in [1.82, 2.24) is 5.32 Å². The first-order valence-electron chi connectivity index (χ1n) is 5.26. The normalized spacial score (nSPS) is 11.1. The Labute approximate surface area is 104 Å². The van der Waals surface area contributed by atoms with Crippen molar-refractivity contribution in [1.29, 1.82) is 0 Å². The highest BCUT2D eigenvalue weighted by molar-refractivity contribution is 7.51. The van der Waals surface area contributed by atoms with E-state index < -0.39 is 13.6 Å². The van der Waals surface area contributed by atoms with Crippen molar-refractivity contribution in [2.75, 3.05) is 17.8 Å². The van der Waals surface area contributed by atoms with Crippen LogP contribution in [0.3, 0.4) is 0 Å². The minimum absolute atomic E-state index is 0.0772. The number of carbonyl (C=O) groups is 1. The fourth-order valence-corrected chi connectivity index (χ4v) is 1.81. The second-order valence-electron chi connectivity index (χ2n) is 3.62. The minimum Gasteiger partial charge on any atom is -0.336 e. The molecule has 0 radical (unpaired) electrons. The minimum atomic E-state index is -4.03. The average molecular weight is 274 g/mol. The number of carbonyl (C=O) groups excluding carboxylic acids is 1. The summed E-state index contributed by atoms with van der Waals surface area (Å²) in [6.07, 6.45) is -0.164. The lowest BCUT2D eigenvalue weighted by atomic mass is 10.3. The van der Waals surface area contributed by atoms with Gasteiger partial charge in [-0.3, -0.25) is 9.77 Å². The van der Waals surface area contributed by atoms with Gasteiger partial charge in [-0.25, -0.2) is 4.79 Å². The van der Waals surface area contributed by atoms with Crippen LogP contribution in [0.15, 0.2) is 30.3 Å². The molecule has 0 saturated heterocycles. The Bertz CT molecular complexity index is 433. The second-order valence-corrected chi connectivity index (χ2v) is 5.40. The molecule has 0 bridgehead atoms. The first-order chi connectivity index (χ1) is 8.40. The molecule has 0 atom stereocenters. The average Bonchev–Trinajstić information content (AvgIpc) is 2.33. The number of nitrogens with one attached hydrogen (secondary N) is 1. The van der Waals surface area contributed by atoms with Gasteiger partial charge in [-0.05, 0) is 18.6 Å². The summed E-state index contributed by atoms with van der Waals surface area (Å²) >= 11 is 0. The number of anilines is 1. The van der Waals surface area contributed by atoms with E-state index in [1.807, 2.05) is 0 Å². The van der Waals surface area contributed by atoms with E-state index in [0.717, 1.165) is 0 Å². The van der Waals surface area contributed by atoms with E-state index in [4.69, 9.17) is 9.79 Å². The third-order valence-electron chi connectivity index (χ3n) is 2.10. The van der Waals surface area contributed by atoms with E-state index in [9.17, 15) is 14.6 Å². The van der Waals surface area contributed by atoms with Gasteiger partial charge in [0.15, 0.2) is 0 Å². The second kappa shape index (κ2) is 6.51. The Morgan fingerprint density at radius 3 is 2.44 bits per heavy atom. The van der Waals surface area contributed by atoms with Crippen molar-refractivity contribution in [2.24, 2.45) is 0 Å². The van der Waals surface area contributed by atoms with Gasteiger partial charge in [0.05, 0.1) is 11.8 Å². The number of urea groups is 1. The van der Waals surface area contributed by atoms with Gasteiger partial charge in [-0.1, -0.05) is 18.2 Å². The van der Waals surface area contributed by atoms with E-state index >= 15 is 0 Å². The fraction of sp³-hybridized carbons (Fsp3) is 0.300. The molecule has 2 amide bonds. The van der Waals surface area contributed by atoms with Crippen molar-refractivity contribution in [3.8, 4) is 0 Å². The molecule has 0 fully saturated rings. The van der Waals surface area contributed by atoms with Crippen LogP contribution in [0.1, 0.15) is 6.42 Å². The summed E-state index contributed by atoms with van der Waals surface area (Å²) in [5, 5.41) is 12.3. The van der Waals surface area contributed by atoms with Crippen LogP contribution in [0.5, 0.6) is 0 Å². The Kier molecular flexibility index (Phi) is 5.30. The van der Waals surface area contributed by atoms with E-state index in [-0.39, 0.29) is 19.1 Å². The zero-order chi connectivity index (χ0) is 13.6. The van der Waals surface area contributed by atoms with Gasteiger partial charge >= 0.3 is 13.6 Å². The quantitative estimate of drug-likeness (QED) is 0.279. The summed E-state index contributed by atoms with van der Waals surface area (Å²) in [5.41, 5.74) is 0.310. The number of para-hydroxylation sites is 1. The maximum atomic E-state index is 11.4. The Hall–Kier alpha value is -1.40. The van der Waals surface area contributed by atoms with Crippen LogP contribution >= 0.6 is 7.60 Å². The summed E-state index contributed by atoms with van der Waals surface area (Å²) in [6.45, 7) is 0.0772. The van der Waals surface area contributed by atoms with Crippen LogP contribution in [-0.2, 0) is 4.57 Å². The molecule has 1 aromatic carbocycles. The Balaban J connectivity index is 2.35. The molecule has 4 N–H and O–H groups in total. The summed E-state index contributed by atoms with van der Waals surface area (Å²) in [7, 11) is -4.03. The number of amides is 2. The van der Waals surface area contributed by atoms with Crippen LogP contribution in [-0.4, -0.2) is 33.7 Å². The van der Waals surface area contributed by atoms with Crippen molar-refractivity contribution >= 4 is 19.3 Å². The van der Waals surface area contributed by atoms with Crippen LogP contribution < -0.4 is 10.4 Å². The number of hydroxylamine groups is 1. The van der Waals surface area contributed by atoms with Gasteiger partial charge in [0, 0.05) is 6.54 Å². The lowest BCUT2D eigenvalue weighted by Crippen LogP contribution is -2.38. The smallest absolute Gasteiger partial charge is 0.336 e. The Morgan fingerprint density at radius 1 is 1.28 bits per heavy atom. The summed E-state index contributed by atoms with van der Waals surface area (Å²) < 4.78 is 10.6. The molecular weight excluding hydrogens is 259 g/mol. The third kappa shape index (κ3) is 5.29. The first-order valence-corrected chi connectivity index (χ1v) is 7.06. The standard InChI is InChI=1S/C10H15N2O5P/c13-10(11-7-4-8-18(15,16)17)12(14)9-5-2-1-3-6-9/h1-3,5-6,14H,4,7-8H2,(H,11,13)(H2,15,16,17). The van der Waals surface area contributed by atoms with Gasteiger partial charge in [0.1, 0.15) is 0 Å². The first kappa shape index (κ1) is 14.7. The largest absolute Gasteiger partial charge is 0.345 e. The fourth-order valence-electron chi connectivity index (χ4n) is 1.24. The van der Waals surface area contributed by atoms with E-state index in [1.165, 1.54) is 0 Å². The highest BCUT2D eigenvalue weighted by Crippen LogP contribution is 2.34. The molecule has 0 aliphatic heterocycles. The predicted molar refractivity (Wildman–Crippen MR) is 65.6 cm³/mol. The van der Waals surface area contributed by atoms with Crippen LogP contribution in [0.25, 0.3) is 0 Å². The summed E-state index contributed by atoms with van der Waals surface area (Å²) in [4.78, 5) is 28.7. The van der Waals surface area contributed by atoms with Gasteiger partial charge in [0.25, 0.3) is 0 Å². The Morgan fingerprint density at radius 2 is 1.89 bits per heavy atom. The number of nitrogens with zero attached hydrogens (tertiary/aromatic N) is 1. The molecule has 100 valence electrons. The molecule has 8 heteroatoms.